The van der Waals surface area contributed by atoms with E-state index >= 15 is 0 Å². The lowest BCUT2D eigenvalue weighted by molar-refractivity contribution is 0.243. The molecule has 0 saturated heterocycles. The maximum atomic E-state index is 12.1. The zero-order chi connectivity index (χ0) is 16.8. The summed E-state index contributed by atoms with van der Waals surface area (Å²) in [7, 11) is 3.99. The highest BCUT2D eigenvalue weighted by atomic mass is 35.5. The Bertz CT molecular complexity index is 659. The van der Waals surface area contributed by atoms with Crippen LogP contribution in [0.4, 0.5) is 10.5 Å². The molecule has 0 saturated carbocycles. The van der Waals surface area contributed by atoms with Gasteiger partial charge in [0.15, 0.2) is 0 Å². The Morgan fingerprint density at radius 3 is 2.48 bits per heavy atom. The maximum Gasteiger partial charge on any atom is 0.319 e. The van der Waals surface area contributed by atoms with Gasteiger partial charge in [0, 0.05) is 17.3 Å². The normalized spacial score (nSPS) is 12.0. The summed E-state index contributed by atoms with van der Waals surface area (Å²) in [4.78, 5) is 14.2. The molecule has 0 spiro atoms. The molecule has 2 amide bonds. The summed E-state index contributed by atoms with van der Waals surface area (Å²) in [5.41, 5.74) is 2.82. The Labute approximate surface area is 142 Å². The second-order valence-electron chi connectivity index (χ2n) is 5.69. The van der Waals surface area contributed by atoms with Crippen molar-refractivity contribution >= 4 is 23.3 Å². The topological polar surface area (TPSA) is 44.4 Å². The van der Waals surface area contributed by atoms with Gasteiger partial charge in [-0.15, -0.1) is 0 Å². The first kappa shape index (κ1) is 17.3. The van der Waals surface area contributed by atoms with Crippen LogP contribution >= 0.6 is 11.6 Å². The van der Waals surface area contributed by atoms with Crippen molar-refractivity contribution in [3.63, 3.8) is 0 Å². The smallest absolute Gasteiger partial charge is 0.319 e. The third kappa shape index (κ3) is 4.98. The first-order valence-electron chi connectivity index (χ1n) is 7.49. The second kappa shape index (κ2) is 7.99. The number of anilines is 1. The maximum absolute atomic E-state index is 12.1. The van der Waals surface area contributed by atoms with Crippen molar-refractivity contribution in [3.05, 3.63) is 64.7 Å². The summed E-state index contributed by atoms with van der Waals surface area (Å²) < 4.78 is 0. The SMILES string of the molecule is Cc1ccc(NC(=O)NCC(c2ccccc2)N(C)C)cc1Cl. The van der Waals surface area contributed by atoms with Crippen molar-refractivity contribution in [1.82, 2.24) is 10.2 Å². The van der Waals surface area contributed by atoms with E-state index in [1.54, 1.807) is 6.07 Å². The molecular formula is C18H22ClN3O. The molecule has 23 heavy (non-hydrogen) atoms. The number of carbonyl (C=O) groups excluding carboxylic acids is 1. The number of rotatable bonds is 5. The number of nitrogens with zero attached hydrogens (tertiary/aromatic N) is 1. The number of hydrogen-bond acceptors (Lipinski definition) is 2. The van der Waals surface area contributed by atoms with E-state index in [9.17, 15) is 4.79 Å². The Kier molecular flexibility index (Phi) is 6.02. The van der Waals surface area contributed by atoms with Crippen LogP contribution in [0, 0.1) is 6.92 Å². The van der Waals surface area contributed by atoms with Gasteiger partial charge in [0.25, 0.3) is 0 Å². The number of halogens is 1. The number of hydrogen-bond donors (Lipinski definition) is 2. The third-order valence-corrected chi connectivity index (χ3v) is 4.10. The summed E-state index contributed by atoms with van der Waals surface area (Å²) in [5.74, 6) is 0. The lowest BCUT2D eigenvalue weighted by Crippen LogP contribution is -2.36. The van der Waals surface area contributed by atoms with Gasteiger partial charge in [-0.05, 0) is 44.3 Å². The average molecular weight is 332 g/mol. The van der Waals surface area contributed by atoms with Gasteiger partial charge in [0.1, 0.15) is 0 Å². The molecule has 2 N–H and O–H groups in total. The van der Waals surface area contributed by atoms with E-state index in [0.717, 1.165) is 11.1 Å². The van der Waals surface area contributed by atoms with Gasteiger partial charge in [-0.1, -0.05) is 48.0 Å². The molecule has 0 aliphatic rings. The Balaban J connectivity index is 1.95. The average Bonchev–Trinajstić information content (AvgIpc) is 2.52. The lowest BCUT2D eigenvalue weighted by atomic mass is 10.1. The van der Waals surface area contributed by atoms with E-state index in [-0.39, 0.29) is 12.1 Å². The van der Waals surface area contributed by atoms with Crippen molar-refractivity contribution < 1.29 is 4.79 Å². The van der Waals surface area contributed by atoms with E-state index in [0.29, 0.717) is 17.3 Å². The molecule has 122 valence electrons. The largest absolute Gasteiger partial charge is 0.336 e. The van der Waals surface area contributed by atoms with Crippen LogP contribution in [0.5, 0.6) is 0 Å². The first-order valence-corrected chi connectivity index (χ1v) is 7.87. The van der Waals surface area contributed by atoms with Gasteiger partial charge in [0.2, 0.25) is 0 Å². The number of likely N-dealkylation sites (N-methyl/N-ethyl adjacent to an activating group) is 1. The fraction of sp³-hybridized carbons (Fsp3) is 0.278. The molecule has 1 unspecified atom stereocenters. The van der Waals surface area contributed by atoms with Crippen LogP contribution in [0.2, 0.25) is 5.02 Å². The second-order valence-corrected chi connectivity index (χ2v) is 6.10. The molecule has 2 aromatic rings. The quantitative estimate of drug-likeness (QED) is 0.867. The zero-order valence-corrected chi connectivity index (χ0v) is 14.4. The van der Waals surface area contributed by atoms with Crippen LogP contribution in [0.25, 0.3) is 0 Å². The minimum Gasteiger partial charge on any atom is -0.336 e. The van der Waals surface area contributed by atoms with E-state index in [1.165, 1.54) is 0 Å². The van der Waals surface area contributed by atoms with Gasteiger partial charge < -0.3 is 15.5 Å². The molecule has 0 heterocycles. The molecule has 0 aliphatic heterocycles. The van der Waals surface area contributed by atoms with Gasteiger partial charge in [-0.2, -0.15) is 0 Å². The minimum atomic E-state index is -0.243. The molecule has 0 radical (unpaired) electrons. The van der Waals surface area contributed by atoms with Crippen LogP contribution in [0.1, 0.15) is 17.2 Å². The lowest BCUT2D eigenvalue weighted by Gasteiger charge is -2.25. The fourth-order valence-electron chi connectivity index (χ4n) is 2.31. The molecule has 0 fully saturated rings. The Morgan fingerprint density at radius 2 is 1.87 bits per heavy atom. The van der Waals surface area contributed by atoms with Gasteiger partial charge in [-0.3, -0.25) is 0 Å². The summed E-state index contributed by atoms with van der Waals surface area (Å²) in [6.07, 6.45) is 0. The Hall–Kier alpha value is -2.04. The van der Waals surface area contributed by atoms with Crippen molar-refractivity contribution in [2.75, 3.05) is 26.0 Å². The zero-order valence-electron chi connectivity index (χ0n) is 13.6. The van der Waals surface area contributed by atoms with Gasteiger partial charge >= 0.3 is 6.03 Å². The minimum absolute atomic E-state index is 0.114. The highest BCUT2D eigenvalue weighted by molar-refractivity contribution is 6.31. The number of urea groups is 1. The molecule has 4 nitrogen and oxygen atoms in total. The molecule has 1 atom stereocenters. The number of benzene rings is 2. The van der Waals surface area contributed by atoms with Crippen molar-refractivity contribution in [2.45, 2.75) is 13.0 Å². The highest BCUT2D eigenvalue weighted by Crippen LogP contribution is 2.20. The van der Waals surface area contributed by atoms with Crippen molar-refractivity contribution in [3.8, 4) is 0 Å². The van der Waals surface area contributed by atoms with Crippen molar-refractivity contribution in [2.24, 2.45) is 0 Å². The molecule has 0 bridgehead atoms. The predicted molar refractivity (Wildman–Crippen MR) is 96.1 cm³/mol. The molecule has 2 aromatic carbocycles. The van der Waals surface area contributed by atoms with E-state index in [4.69, 9.17) is 11.6 Å². The fourth-order valence-corrected chi connectivity index (χ4v) is 2.49. The monoisotopic (exact) mass is 331 g/mol. The number of carbonyl (C=O) groups is 1. The van der Waals surface area contributed by atoms with Crippen LogP contribution in [0.15, 0.2) is 48.5 Å². The van der Waals surface area contributed by atoms with E-state index in [1.807, 2.05) is 51.4 Å². The first-order chi connectivity index (χ1) is 11.0. The number of nitrogens with one attached hydrogen (secondary N) is 2. The number of amides is 2. The predicted octanol–water partition coefficient (Wildman–Crippen LogP) is 4.07. The number of aryl methyl sites for hydroxylation is 1. The molecule has 5 heteroatoms. The molecule has 2 rings (SSSR count). The van der Waals surface area contributed by atoms with Crippen LogP contribution in [-0.4, -0.2) is 31.6 Å². The van der Waals surface area contributed by atoms with E-state index in [2.05, 4.69) is 27.7 Å². The summed E-state index contributed by atoms with van der Waals surface area (Å²) in [6, 6.07) is 15.4. The van der Waals surface area contributed by atoms with Crippen LogP contribution in [0.3, 0.4) is 0 Å². The van der Waals surface area contributed by atoms with Crippen LogP contribution in [-0.2, 0) is 0 Å². The molecule has 0 aromatic heterocycles. The van der Waals surface area contributed by atoms with Crippen LogP contribution < -0.4 is 10.6 Å². The van der Waals surface area contributed by atoms with Gasteiger partial charge in [-0.25, -0.2) is 4.79 Å². The summed E-state index contributed by atoms with van der Waals surface area (Å²) >= 11 is 6.07. The van der Waals surface area contributed by atoms with Crippen molar-refractivity contribution in [1.29, 1.82) is 0 Å². The van der Waals surface area contributed by atoms with Gasteiger partial charge in [0.05, 0.1) is 6.04 Å². The Morgan fingerprint density at radius 1 is 1.17 bits per heavy atom. The molecular weight excluding hydrogens is 310 g/mol. The molecule has 0 aliphatic carbocycles. The highest BCUT2D eigenvalue weighted by Gasteiger charge is 2.15. The third-order valence-electron chi connectivity index (χ3n) is 3.69. The standard InChI is InChI=1S/C18H22ClN3O/c1-13-9-10-15(11-16(13)19)21-18(23)20-12-17(22(2)3)14-7-5-4-6-8-14/h4-11,17H,12H2,1-3H3,(H2,20,21,23). The summed E-state index contributed by atoms with van der Waals surface area (Å²) in [6.45, 7) is 2.44. The van der Waals surface area contributed by atoms with E-state index < -0.39 is 0 Å². The summed E-state index contributed by atoms with van der Waals surface area (Å²) in [5, 5.41) is 6.35.